The van der Waals surface area contributed by atoms with Crippen molar-refractivity contribution in [3.8, 4) is 11.5 Å². The Morgan fingerprint density at radius 3 is 2.45 bits per heavy atom. The predicted molar refractivity (Wildman–Crippen MR) is 125 cm³/mol. The van der Waals surface area contributed by atoms with Crippen LogP contribution in [0.1, 0.15) is 18.1 Å². The summed E-state index contributed by atoms with van der Waals surface area (Å²) in [5.74, 6) is 1.33. The third-order valence-corrected chi connectivity index (χ3v) is 5.44. The number of aromatic amines is 2. The van der Waals surface area contributed by atoms with Crippen molar-refractivity contribution in [3.63, 3.8) is 0 Å². The van der Waals surface area contributed by atoms with Gasteiger partial charge in [0.15, 0.2) is 11.5 Å². The van der Waals surface area contributed by atoms with Gasteiger partial charge < -0.3 is 24.8 Å². The van der Waals surface area contributed by atoms with Gasteiger partial charge in [0.1, 0.15) is 6.61 Å². The molecule has 8 heteroatoms. The number of benzene rings is 3. The van der Waals surface area contributed by atoms with Crippen molar-refractivity contribution in [2.45, 2.75) is 20.1 Å². The number of rotatable bonds is 8. The first-order valence-corrected chi connectivity index (χ1v) is 10.6. The molecule has 0 fully saturated rings. The first-order chi connectivity index (χ1) is 15.0. The van der Waals surface area contributed by atoms with Crippen LogP contribution in [-0.2, 0) is 13.2 Å². The van der Waals surface area contributed by atoms with Crippen molar-refractivity contribution < 1.29 is 9.47 Å². The third kappa shape index (κ3) is 5.16. The number of anilines is 1. The van der Waals surface area contributed by atoms with Gasteiger partial charge >= 0.3 is 5.69 Å². The summed E-state index contributed by atoms with van der Waals surface area (Å²) >= 11 is 12.0. The van der Waals surface area contributed by atoms with Crippen LogP contribution in [-0.4, -0.2) is 16.6 Å². The highest BCUT2D eigenvalue weighted by atomic mass is 35.5. The molecule has 1 heterocycles. The lowest BCUT2D eigenvalue weighted by Crippen LogP contribution is -2.03. The summed E-state index contributed by atoms with van der Waals surface area (Å²) in [5.41, 5.74) is 4.17. The molecule has 1 aromatic heterocycles. The molecule has 31 heavy (non-hydrogen) atoms. The molecule has 4 aromatic rings. The summed E-state index contributed by atoms with van der Waals surface area (Å²) in [6.07, 6.45) is 0. The van der Waals surface area contributed by atoms with Gasteiger partial charge in [-0.15, -0.1) is 0 Å². The van der Waals surface area contributed by atoms with Crippen LogP contribution in [0.25, 0.3) is 11.0 Å². The normalized spacial score (nSPS) is 10.9. The van der Waals surface area contributed by atoms with Gasteiger partial charge in [-0.3, -0.25) is 0 Å². The van der Waals surface area contributed by atoms with Gasteiger partial charge in [0.2, 0.25) is 0 Å². The van der Waals surface area contributed by atoms with Crippen LogP contribution in [0, 0.1) is 0 Å². The smallest absolute Gasteiger partial charge is 0.323 e. The molecule has 0 amide bonds. The fraction of sp³-hybridized carbons (Fsp3) is 0.174. The van der Waals surface area contributed by atoms with E-state index in [4.69, 9.17) is 32.7 Å². The fourth-order valence-corrected chi connectivity index (χ4v) is 3.51. The van der Waals surface area contributed by atoms with E-state index in [2.05, 4.69) is 15.3 Å². The SMILES string of the molecule is CCOc1cc(CNc2ccc3[nH]c(=O)[nH]c3c2)ccc1OCc1ccc(Cl)c(Cl)c1. The minimum absolute atomic E-state index is 0.218. The molecular weight excluding hydrogens is 437 g/mol. The Morgan fingerprint density at radius 2 is 1.65 bits per heavy atom. The summed E-state index contributed by atoms with van der Waals surface area (Å²) in [6.45, 7) is 3.40. The maximum absolute atomic E-state index is 11.4. The lowest BCUT2D eigenvalue weighted by Gasteiger charge is -2.14. The van der Waals surface area contributed by atoms with Crippen LogP contribution in [0.5, 0.6) is 11.5 Å². The van der Waals surface area contributed by atoms with Crippen LogP contribution in [0.15, 0.2) is 59.4 Å². The van der Waals surface area contributed by atoms with Crippen molar-refractivity contribution in [2.75, 3.05) is 11.9 Å². The zero-order valence-corrected chi connectivity index (χ0v) is 18.3. The summed E-state index contributed by atoms with van der Waals surface area (Å²) in [4.78, 5) is 16.9. The molecule has 0 saturated heterocycles. The average molecular weight is 458 g/mol. The quantitative estimate of drug-likeness (QED) is 0.314. The highest BCUT2D eigenvalue weighted by Crippen LogP contribution is 2.30. The molecule has 0 aliphatic rings. The molecule has 0 aliphatic heterocycles. The largest absolute Gasteiger partial charge is 0.490 e. The molecule has 4 rings (SSSR count). The van der Waals surface area contributed by atoms with E-state index in [9.17, 15) is 4.79 Å². The van der Waals surface area contributed by atoms with Gasteiger partial charge in [-0.2, -0.15) is 0 Å². The van der Waals surface area contributed by atoms with Crippen molar-refractivity contribution in [1.29, 1.82) is 0 Å². The summed E-state index contributed by atoms with van der Waals surface area (Å²) in [6, 6.07) is 16.9. The molecule has 6 nitrogen and oxygen atoms in total. The Balaban J connectivity index is 1.45. The van der Waals surface area contributed by atoms with Crippen LogP contribution < -0.4 is 20.5 Å². The number of nitrogens with one attached hydrogen (secondary N) is 3. The molecule has 0 radical (unpaired) electrons. The molecule has 0 spiro atoms. The molecule has 0 bridgehead atoms. The predicted octanol–water partition coefficient (Wildman–Crippen LogP) is 5.75. The van der Waals surface area contributed by atoms with E-state index >= 15 is 0 Å². The van der Waals surface area contributed by atoms with Gasteiger partial charge in [-0.05, 0) is 60.5 Å². The van der Waals surface area contributed by atoms with Crippen molar-refractivity contribution in [1.82, 2.24) is 9.97 Å². The molecule has 0 aliphatic carbocycles. The Bertz CT molecular complexity index is 1270. The lowest BCUT2D eigenvalue weighted by atomic mass is 10.2. The maximum atomic E-state index is 11.4. The standard InChI is InChI=1S/C23H21Cl2N3O3/c1-2-30-22-10-14(12-26-16-5-7-19-20(11-16)28-23(29)27-19)4-8-21(22)31-13-15-3-6-17(24)18(25)9-15/h3-11,26H,2,12-13H2,1H3,(H2,27,28,29). The third-order valence-electron chi connectivity index (χ3n) is 4.70. The van der Waals surface area contributed by atoms with Crippen molar-refractivity contribution in [2.24, 2.45) is 0 Å². The molecule has 3 aromatic carbocycles. The number of fused-ring (bicyclic) bond motifs is 1. The summed E-state index contributed by atoms with van der Waals surface area (Å²) in [7, 11) is 0. The lowest BCUT2D eigenvalue weighted by molar-refractivity contribution is 0.269. The number of ether oxygens (including phenoxy) is 2. The average Bonchev–Trinajstić information content (AvgIpc) is 3.13. The van der Waals surface area contributed by atoms with Gasteiger partial charge in [-0.25, -0.2) is 4.79 Å². The van der Waals surface area contributed by atoms with Gasteiger partial charge in [0.25, 0.3) is 0 Å². The molecular formula is C23H21Cl2N3O3. The Hall–Kier alpha value is -3.09. The van der Waals surface area contributed by atoms with Gasteiger partial charge in [-0.1, -0.05) is 35.3 Å². The van der Waals surface area contributed by atoms with E-state index in [0.717, 1.165) is 27.8 Å². The van der Waals surface area contributed by atoms with Crippen molar-refractivity contribution in [3.05, 3.63) is 86.3 Å². The monoisotopic (exact) mass is 457 g/mol. The molecule has 0 saturated carbocycles. The maximum Gasteiger partial charge on any atom is 0.323 e. The zero-order valence-electron chi connectivity index (χ0n) is 16.8. The summed E-state index contributed by atoms with van der Waals surface area (Å²) in [5, 5.41) is 4.37. The number of aromatic nitrogens is 2. The first kappa shape index (κ1) is 21.2. The van der Waals surface area contributed by atoms with Crippen LogP contribution in [0.2, 0.25) is 10.0 Å². The minimum Gasteiger partial charge on any atom is -0.490 e. The van der Waals surface area contributed by atoms with Crippen LogP contribution in [0.3, 0.4) is 0 Å². The minimum atomic E-state index is -0.218. The highest BCUT2D eigenvalue weighted by molar-refractivity contribution is 6.42. The number of hydrogen-bond acceptors (Lipinski definition) is 4. The topological polar surface area (TPSA) is 79.1 Å². The first-order valence-electron chi connectivity index (χ1n) is 9.80. The summed E-state index contributed by atoms with van der Waals surface area (Å²) < 4.78 is 11.7. The molecule has 3 N–H and O–H groups in total. The van der Waals surface area contributed by atoms with E-state index in [1.807, 2.05) is 49.4 Å². The number of halogens is 2. The Kier molecular flexibility index (Phi) is 6.39. The van der Waals surface area contributed by atoms with E-state index in [1.54, 1.807) is 12.1 Å². The van der Waals surface area contributed by atoms with E-state index in [1.165, 1.54) is 0 Å². The Labute approximate surface area is 189 Å². The van der Waals surface area contributed by atoms with E-state index in [-0.39, 0.29) is 5.69 Å². The second kappa shape index (κ2) is 9.37. The second-order valence-corrected chi connectivity index (χ2v) is 7.76. The molecule has 0 atom stereocenters. The van der Waals surface area contributed by atoms with Crippen LogP contribution in [0.4, 0.5) is 5.69 Å². The van der Waals surface area contributed by atoms with Gasteiger partial charge in [0, 0.05) is 12.2 Å². The second-order valence-electron chi connectivity index (χ2n) is 6.94. The number of H-pyrrole nitrogens is 2. The zero-order chi connectivity index (χ0) is 21.8. The number of imidazole rings is 1. The van der Waals surface area contributed by atoms with Crippen LogP contribution >= 0.6 is 23.2 Å². The van der Waals surface area contributed by atoms with E-state index < -0.39 is 0 Å². The highest BCUT2D eigenvalue weighted by Gasteiger charge is 2.09. The van der Waals surface area contributed by atoms with Gasteiger partial charge in [0.05, 0.1) is 27.7 Å². The fourth-order valence-electron chi connectivity index (χ4n) is 3.19. The number of hydrogen-bond donors (Lipinski definition) is 3. The molecule has 160 valence electrons. The Morgan fingerprint density at radius 1 is 0.839 bits per heavy atom. The van der Waals surface area contributed by atoms with E-state index in [0.29, 0.717) is 41.3 Å². The molecule has 0 unspecified atom stereocenters. The van der Waals surface area contributed by atoms with Crippen molar-refractivity contribution >= 4 is 39.9 Å².